The highest BCUT2D eigenvalue weighted by atomic mass is 79.9. The van der Waals surface area contributed by atoms with Gasteiger partial charge in [0.05, 0.1) is 0 Å². The van der Waals surface area contributed by atoms with Gasteiger partial charge in [-0.25, -0.2) is 8.78 Å². The van der Waals surface area contributed by atoms with Gasteiger partial charge in [0.15, 0.2) is 11.6 Å². The smallest absolute Gasteiger partial charge is 0.162 e. The summed E-state index contributed by atoms with van der Waals surface area (Å²) in [6.07, 6.45) is 0.392. The largest absolute Gasteiger partial charge is 0.313 e. The van der Waals surface area contributed by atoms with Crippen LogP contribution in [0.1, 0.15) is 17.2 Å². The van der Waals surface area contributed by atoms with Gasteiger partial charge in [0.25, 0.3) is 0 Å². The van der Waals surface area contributed by atoms with Crippen molar-refractivity contribution in [1.29, 1.82) is 0 Å². The van der Waals surface area contributed by atoms with Crippen molar-refractivity contribution in [2.45, 2.75) is 12.5 Å². The van der Waals surface area contributed by atoms with Crippen molar-refractivity contribution in [3.63, 3.8) is 0 Å². The maximum absolute atomic E-state index is 13.7. The Morgan fingerprint density at radius 3 is 2.53 bits per heavy atom. The van der Waals surface area contributed by atoms with Gasteiger partial charge in [-0.1, -0.05) is 46.3 Å². The predicted octanol–water partition coefficient (Wildman–Crippen LogP) is 4.23. The summed E-state index contributed by atoms with van der Waals surface area (Å²) in [5.41, 5.74) is 1.39. The second-order valence-corrected chi connectivity index (χ2v) is 5.13. The summed E-state index contributed by atoms with van der Waals surface area (Å²) in [4.78, 5) is 0. The molecule has 0 saturated carbocycles. The first-order valence-electron chi connectivity index (χ1n) is 5.98. The zero-order valence-electron chi connectivity index (χ0n) is 10.5. The van der Waals surface area contributed by atoms with Crippen LogP contribution in [0.2, 0.25) is 0 Å². The first kappa shape index (κ1) is 14.2. The summed E-state index contributed by atoms with van der Waals surface area (Å²) < 4.78 is 27.9. The van der Waals surface area contributed by atoms with Crippen LogP contribution in [0.3, 0.4) is 0 Å². The van der Waals surface area contributed by atoms with Gasteiger partial charge in [0, 0.05) is 10.5 Å². The second-order valence-electron chi connectivity index (χ2n) is 4.28. The first-order chi connectivity index (χ1) is 9.13. The van der Waals surface area contributed by atoms with Crippen molar-refractivity contribution >= 4 is 15.9 Å². The van der Waals surface area contributed by atoms with Crippen LogP contribution in [0.15, 0.2) is 46.9 Å². The van der Waals surface area contributed by atoms with E-state index in [1.165, 1.54) is 6.07 Å². The van der Waals surface area contributed by atoms with Crippen LogP contribution in [0.25, 0.3) is 0 Å². The van der Waals surface area contributed by atoms with Gasteiger partial charge < -0.3 is 5.32 Å². The van der Waals surface area contributed by atoms with Gasteiger partial charge in [-0.05, 0) is 36.7 Å². The van der Waals surface area contributed by atoms with Gasteiger partial charge in [-0.15, -0.1) is 0 Å². The van der Waals surface area contributed by atoms with Gasteiger partial charge in [-0.3, -0.25) is 0 Å². The minimum absolute atomic E-state index is 0.0770. The molecule has 0 aliphatic heterocycles. The average Bonchev–Trinajstić information content (AvgIpc) is 2.41. The summed E-state index contributed by atoms with van der Waals surface area (Å²) in [7, 11) is 1.81. The van der Waals surface area contributed by atoms with Crippen molar-refractivity contribution in [2.24, 2.45) is 0 Å². The van der Waals surface area contributed by atoms with E-state index < -0.39 is 11.6 Å². The van der Waals surface area contributed by atoms with Crippen molar-refractivity contribution in [3.8, 4) is 0 Å². The number of rotatable bonds is 4. The Labute approximate surface area is 119 Å². The molecular weight excluding hydrogens is 312 g/mol. The molecule has 0 spiro atoms. The third-order valence-corrected chi connectivity index (χ3v) is 3.81. The molecule has 0 heterocycles. The maximum Gasteiger partial charge on any atom is 0.162 e. The standard InChI is InChI=1S/C15H14BrF2N/c1-19-14(11-6-2-3-7-12(11)16)9-10-5-4-8-13(17)15(10)18/h2-8,14,19H,9H2,1H3. The minimum Gasteiger partial charge on any atom is -0.313 e. The molecule has 0 fully saturated rings. The zero-order valence-corrected chi connectivity index (χ0v) is 12.0. The van der Waals surface area contributed by atoms with E-state index in [-0.39, 0.29) is 6.04 Å². The highest BCUT2D eigenvalue weighted by Gasteiger charge is 2.16. The molecule has 0 saturated heterocycles. The Bertz CT molecular complexity index is 572. The molecular formula is C15H14BrF2N. The fourth-order valence-electron chi connectivity index (χ4n) is 2.05. The Hall–Kier alpha value is -1.26. The number of likely N-dealkylation sites (N-methyl/N-ethyl adjacent to an activating group) is 1. The predicted molar refractivity (Wildman–Crippen MR) is 76.0 cm³/mol. The molecule has 2 rings (SSSR count). The number of hydrogen-bond acceptors (Lipinski definition) is 1. The topological polar surface area (TPSA) is 12.0 Å². The van der Waals surface area contributed by atoms with Crippen molar-refractivity contribution < 1.29 is 8.78 Å². The molecule has 2 aromatic rings. The van der Waals surface area contributed by atoms with E-state index in [1.807, 2.05) is 24.3 Å². The van der Waals surface area contributed by atoms with E-state index >= 15 is 0 Å². The molecule has 0 radical (unpaired) electrons. The molecule has 1 unspecified atom stereocenters. The third-order valence-electron chi connectivity index (χ3n) is 3.08. The Kier molecular flexibility index (Phi) is 4.66. The third kappa shape index (κ3) is 3.19. The number of hydrogen-bond donors (Lipinski definition) is 1. The molecule has 2 aromatic carbocycles. The van der Waals surface area contributed by atoms with Gasteiger partial charge in [0.1, 0.15) is 0 Å². The molecule has 1 atom stereocenters. The zero-order chi connectivity index (χ0) is 13.8. The van der Waals surface area contributed by atoms with Crippen LogP contribution in [0.4, 0.5) is 8.78 Å². The molecule has 0 aliphatic carbocycles. The Morgan fingerprint density at radius 1 is 1.11 bits per heavy atom. The molecule has 0 aromatic heterocycles. The highest BCUT2D eigenvalue weighted by molar-refractivity contribution is 9.10. The van der Waals surface area contributed by atoms with Crippen LogP contribution in [0.5, 0.6) is 0 Å². The summed E-state index contributed by atoms with van der Waals surface area (Å²) in [6, 6.07) is 11.9. The number of nitrogens with one attached hydrogen (secondary N) is 1. The molecule has 100 valence electrons. The van der Waals surface area contributed by atoms with Crippen molar-refractivity contribution in [3.05, 3.63) is 69.7 Å². The maximum atomic E-state index is 13.7. The molecule has 19 heavy (non-hydrogen) atoms. The Balaban J connectivity index is 2.30. The monoisotopic (exact) mass is 325 g/mol. The van der Waals surface area contributed by atoms with Crippen molar-refractivity contribution in [2.75, 3.05) is 7.05 Å². The highest BCUT2D eigenvalue weighted by Crippen LogP contribution is 2.26. The lowest BCUT2D eigenvalue weighted by Gasteiger charge is -2.18. The average molecular weight is 326 g/mol. The van der Waals surface area contributed by atoms with E-state index in [1.54, 1.807) is 13.1 Å². The van der Waals surface area contributed by atoms with E-state index in [0.717, 1.165) is 16.1 Å². The van der Waals surface area contributed by atoms with Gasteiger partial charge in [-0.2, -0.15) is 0 Å². The molecule has 1 N–H and O–H groups in total. The van der Waals surface area contributed by atoms with E-state index in [2.05, 4.69) is 21.2 Å². The summed E-state index contributed by atoms with van der Waals surface area (Å²) >= 11 is 3.48. The quantitative estimate of drug-likeness (QED) is 0.887. The number of halogens is 3. The van der Waals surface area contributed by atoms with Crippen LogP contribution >= 0.6 is 15.9 Å². The minimum atomic E-state index is -0.806. The second kappa shape index (κ2) is 6.26. The van der Waals surface area contributed by atoms with E-state index in [0.29, 0.717) is 12.0 Å². The summed E-state index contributed by atoms with van der Waals surface area (Å²) in [5, 5.41) is 3.14. The lowest BCUT2D eigenvalue weighted by atomic mass is 9.98. The lowest BCUT2D eigenvalue weighted by molar-refractivity contribution is 0.486. The fourth-order valence-corrected chi connectivity index (χ4v) is 2.61. The van der Waals surface area contributed by atoms with E-state index in [9.17, 15) is 8.78 Å². The summed E-state index contributed by atoms with van der Waals surface area (Å²) in [5.74, 6) is -1.57. The summed E-state index contributed by atoms with van der Waals surface area (Å²) in [6.45, 7) is 0. The SMILES string of the molecule is CNC(Cc1cccc(F)c1F)c1ccccc1Br. The molecule has 0 bridgehead atoms. The van der Waals surface area contributed by atoms with Crippen LogP contribution in [-0.4, -0.2) is 7.05 Å². The van der Waals surface area contributed by atoms with Gasteiger partial charge >= 0.3 is 0 Å². The first-order valence-corrected chi connectivity index (χ1v) is 6.77. The number of benzene rings is 2. The Morgan fingerprint density at radius 2 is 1.84 bits per heavy atom. The van der Waals surface area contributed by atoms with E-state index in [4.69, 9.17) is 0 Å². The fraction of sp³-hybridized carbons (Fsp3) is 0.200. The van der Waals surface area contributed by atoms with Gasteiger partial charge in [0.2, 0.25) is 0 Å². The van der Waals surface area contributed by atoms with Crippen LogP contribution < -0.4 is 5.32 Å². The molecule has 1 nitrogen and oxygen atoms in total. The van der Waals surface area contributed by atoms with Crippen LogP contribution in [-0.2, 0) is 6.42 Å². The molecule has 0 aliphatic rings. The normalized spacial score (nSPS) is 12.4. The molecule has 4 heteroatoms. The lowest BCUT2D eigenvalue weighted by Crippen LogP contribution is -2.20. The molecule has 0 amide bonds. The van der Waals surface area contributed by atoms with Crippen molar-refractivity contribution in [1.82, 2.24) is 5.32 Å². The van der Waals surface area contributed by atoms with Crippen LogP contribution in [0, 0.1) is 11.6 Å².